The number of piperidine rings is 1. The number of hydrogen-bond acceptors (Lipinski definition) is 7. The zero-order valence-electron chi connectivity index (χ0n) is 23.6. The number of aryl methyl sites for hydroxylation is 1. The van der Waals surface area contributed by atoms with E-state index in [1.54, 1.807) is 20.4 Å². The second-order valence-corrected chi connectivity index (χ2v) is 9.93. The van der Waals surface area contributed by atoms with Crippen LogP contribution in [0, 0.1) is 5.92 Å². The fraction of sp³-hybridized carbons (Fsp3) is 0.419. The summed E-state index contributed by atoms with van der Waals surface area (Å²) in [6.45, 7) is 1.24. The summed E-state index contributed by atoms with van der Waals surface area (Å²) in [7, 11) is 4.60. The second kappa shape index (κ2) is 15.5. The summed E-state index contributed by atoms with van der Waals surface area (Å²) >= 11 is 0. The zero-order valence-corrected chi connectivity index (χ0v) is 23.6. The number of allylic oxidation sites excluding steroid dienone is 1. The molecule has 0 aromatic heterocycles. The van der Waals surface area contributed by atoms with E-state index < -0.39 is 12.0 Å². The molecule has 1 heterocycles. The Kier molecular flexibility index (Phi) is 11.7. The maximum Gasteiger partial charge on any atom is 0.328 e. The number of likely N-dealkylation sites (tertiary alicyclic amines) is 1. The molecule has 1 fully saturated rings. The summed E-state index contributed by atoms with van der Waals surface area (Å²) in [5.41, 5.74) is 9.48. The van der Waals surface area contributed by atoms with Gasteiger partial charge in [-0.1, -0.05) is 36.4 Å². The van der Waals surface area contributed by atoms with Crippen molar-refractivity contribution >= 4 is 29.6 Å². The number of aliphatic imine (C=N–C) groups is 1. The first-order valence-electron chi connectivity index (χ1n) is 13.6. The van der Waals surface area contributed by atoms with Gasteiger partial charge >= 0.3 is 5.97 Å². The van der Waals surface area contributed by atoms with E-state index >= 15 is 0 Å². The van der Waals surface area contributed by atoms with E-state index in [1.807, 2.05) is 53.4 Å². The summed E-state index contributed by atoms with van der Waals surface area (Å²) < 4.78 is 10.1. The summed E-state index contributed by atoms with van der Waals surface area (Å²) in [5.74, 6) is 0.319. The summed E-state index contributed by atoms with van der Waals surface area (Å²) in [6.07, 6.45) is 6.43. The van der Waals surface area contributed by atoms with E-state index in [1.165, 1.54) is 13.3 Å². The highest BCUT2D eigenvalue weighted by atomic mass is 16.5. The van der Waals surface area contributed by atoms with E-state index in [9.17, 15) is 14.4 Å². The summed E-state index contributed by atoms with van der Waals surface area (Å²) in [5, 5.41) is 2.84. The van der Waals surface area contributed by atoms with Crippen molar-refractivity contribution in [3.05, 3.63) is 71.4 Å². The molecule has 9 nitrogen and oxygen atoms in total. The molecule has 1 atom stereocenters. The van der Waals surface area contributed by atoms with Gasteiger partial charge in [0, 0.05) is 57.4 Å². The molecule has 40 heavy (non-hydrogen) atoms. The van der Waals surface area contributed by atoms with Crippen LogP contribution in [-0.4, -0.2) is 69.3 Å². The molecule has 3 N–H and O–H groups in total. The monoisotopic (exact) mass is 548 g/mol. The molecular formula is C31H40N4O5. The van der Waals surface area contributed by atoms with Crippen LogP contribution in [0.2, 0.25) is 0 Å². The van der Waals surface area contributed by atoms with Gasteiger partial charge in [-0.05, 0) is 54.0 Å². The van der Waals surface area contributed by atoms with Crippen molar-refractivity contribution < 1.29 is 23.9 Å². The molecule has 214 valence electrons. The Labute approximate surface area is 236 Å². The average molecular weight is 549 g/mol. The molecule has 9 heteroatoms. The molecule has 0 radical (unpaired) electrons. The highest BCUT2D eigenvalue weighted by molar-refractivity contribution is 6.09. The van der Waals surface area contributed by atoms with Crippen LogP contribution in [-0.2, 0) is 32.0 Å². The molecule has 3 rings (SSSR count). The first-order chi connectivity index (χ1) is 19.4. The highest BCUT2D eigenvalue weighted by Gasteiger charge is 2.27. The third-order valence-electron chi connectivity index (χ3n) is 7.20. The molecule has 2 amide bonds. The SMILES string of the molecule is CN=CC(=CN)c1cccc(CCC(=O)N2CCC(CC(=O)NC(Cc3ccc(OC)cc3)C(=O)OC)CC2)c1. The van der Waals surface area contributed by atoms with Gasteiger partial charge in [-0.15, -0.1) is 0 Å². The number of ether oxygens (including phenoxy) is 2. The molecule has 0 saturated carbocycles. The normalized spacial score (nSPS) is 15.1. The Hall–Kier alpha value is -4.14. The number of rotatable bonds is 12. The third kappa shape index (κ3) is 8.97. The minimum Gasteiger partial charge on any atom is -0.497 e. The van der Waals surface area contributed by atoms with Gasteiger partial charge < -0.3 is 25.4 Å². The number of benzene rings is 2. The van der Waals surface area contributed by atoms with Crippen LogP contribution in [0.4, 0.5) is 0 Å². The number of nitrogens with two attached hydrogens (primary N) is 1. The van der Waals surface area contributed by atoms with E-state index in [0.29, 0.717) is 38.8 Å². The molecule has 0 aliphatic carbocycles. The van der Waals surface area contributed by atoms with Crippen LogP contribution in [0.15, 0.2) is 59.7 Å². The van der Waals surface area contributed by atoms with Crippen molar-refractivity contribution in [1.82, 2.24) is 10.2 Å². The van der Waals surface area contributed by atoms with Gasteiger partial charge in [0.2, 0.25) is 11.8 Å². The number of hydrogen-bond donors (Lipinski definition) is 2. The van der Waals surface area contributed by atoms with Crippen LogP contribution in [0.1, 0.15) is 42.4 Å². The minimum atomic E-state index is -0.767. The fourth-order valence-electron chi connectivity index (χ4n) is 4.90. The molecular weight excluding hydrogens is 508 g/mol. The largest absolute Gasteiger partial charge is 0.497 e. The molecule has 1 aliphatic rings. The number of nitrogens with zero attached hydrogens (tertiary/aromatic N) is 2. The fourth-order valence-corrected chi connectivity index (χ4v) is 4.90. The van der Waals surface area contributed by atoms with Crippen LogP contribution in [0.25, 0.3) is 5.57 Å². The Morgan fingerprint density at radius 3 is 2.45 bits per heavy atom. The highest BCUT2D eigenvalue weighted by Crippen LogP contribution is 2.22. The first-order valence-corrected chi connectivity index (χ1v) is 13.6. The van der Waals surface area contributed by atoms with Crippen molar-refractivity contribution in [1.29, 1.82) is 0 Å². The van der Waals surface area contributed by atoms with Gasteiger partial charge in [-0.3, -0.25) is 14.6 Å². The number of methoxy groups -OCH3 is 2. The molecule has 1 unspecified atom stereocenters. The summed E-state index contributed by atoms with van der Waals surface area (Å²) in [4.78, 5) is 43.9. The van der Waals surface area contributed by atoms with Gasteiger partial charge in [-0.2, -0.15) is 0 Å². The molecule has 2 aromatic rings. The zero-order chi connectivity index (χ0) is 28.9. The standard InChI is InChI=1S/C31H40N4O5/c1-33-21-26(20-32)25-6-4-5-22(17-25)9-12-30(37)35-15-13-24(14-16-35)19-29(36)34-28(31(38)40-3)18-23-7-10-27(39-2)11-8-23/h4-8,10-11,17,20-21,24,28H,9,12-16,18-19,32H2,1-3H3,(H,34,36). The number of carbonyl (C=O) groups is 3. The van der Waals surface area contributed by atoms with Crippen molar-refractivity contribution in [2.75, 3.05) is 34.4 Å². The van der Waals surface area contributed by atoms with Crippen LogP contribution in [0.3, 0.4) is 0 Å². The lowest BCUT2D eigenvalue weighted by molar-refractivity contribution is -0.145. The maximum atomic E-state index is 12.9. The topological polar surface area (TPSA) is 123 Å². The molecule has 0 spiro atoms. The summed E-state index contributed by atoms with van der Waals surface area (Å²) in [6, 6.07) is 14.6. The van der Waals surface area contributed by atoms with Crippen molar-refractivity contribution in [2.45, 2.75) is 44.6 Å². The first kappa shape index (κ1) is 30.4. The van der Waals surface area contributed by atoms with Gasteiger partial charge in [0.15, 0.2) is 0 Å². The van der Waals surface area contributed by atoms with Gasteiger partial charge in [-0.25, -0.2) is 4.79 Å². The lowest BCUT2D eigenvalue weighted by atomic mass is 9.92. The van der Waals surface area contributed by atoms with E-state index in [4.69, 9.17) is 15.2 Å². The Morgan fingerprint density at radius 2 is 1.82 bits per heavy atom. The molecule has 0 bridgehead atoms. The number of amides is 2. The van der Waals surface area contributed by atoms with Crippen LogP contribution < -0.4 is 15.8 Å². The van der Waals surface area contributed by atoms with E-state index in [0.717, 1.165) is 40.9 Å². The number of carbonyl (C=O) groups excluding carboxylic acids is 3. The lowest BCUT2D eigenvalue weighted by Crippen LogP contribution is -2.44. The Balaban J connectivity index is 1.45. The van der Waals surface area contributed by atoms with Crippen LogP contribution in [0.5, 0.6) is 5.75 Å². The Bertz CT molecular complexity index is 1200. The van der Waals surface area contributed by atoms with Crippen molar-refractivity contribution in [2.24, 2.45) is 16.6 Å². The lowest BCUT2D eigenvalue weighted by Gasteiger charge is -2.32. The van der Waals surface area contributed by atoms with Crippen molar-refractivity contribution in [3.8, 4) is 5.75 Å². The van der Waals surface area contributed by atoms with Crippen molar-refractivity contribution in [3.63, 3.8) is 0 Å². The predicted octanol–water partition coefficient (Wildman–Crippen LogP) is 3.16. The molecule has 2 aromatic carbocycles. The number of nitrogens with one attached hydrogen (secondary N) is 1. The van der Waals surface area contributed by atoms with E-state index in [2.05, 4.69) is 10.3 Å². The smallest absolute Gasteiger partial charge is 0.328 e. The van der Waals surface area contributed by atoms with Gasteiger partial charge in [0.05, 0.1) is 14.2 Å². The van der Waals surface area contributed by atoms with Crippen LogP contribution >= 0.6 is 0 Å². The minimum absolute atomic E-state index is 0.114. The predicted molar refractivity (Wildman–Crippen MR) is 156 cm³/mol. The quantitative estimate of drug-likeness (QED) is 0.310. The molecule has 1 aliphatic heterocycles. The van der Waals surface area contributed by atoms with E-state index in [-0.39, 0.29) is 17.7 Å². The third-order valence-corrected chi connectivity index (χ3v) is 7.20. The molecule has 1 saturated heterocycles. The maximum absolute atomic E-state index is 12.9. The Morgan fingerprint density at radius 1 is 1.10 bits per heavy atom. The van der Waals surface area contributed by atoms with Gasteiger partial charge in [0.1, 0.15) is 11.8 Å². The van der Waals surface area contributed by atoms with Gasteiger partial charge in [0.25, 0.3) is 0 Å². The average Bonchev–Trinajstić information content (AvgIpc) is 2.98. The number of esters is 1. The second-order valence-electron chi connectivity index (χ2n) is 9.93.